The van der Waals surface area contributed by atoms with E-state index in [1.165, 1.54) is 18.2 Å². The lowest BCUT2D eigenvalue weighted by atomic mass is 10.2. The van der Waals surface area contributed by atoms with E-state index in [0.29, 0.717) is 5.69 Å². The standard InChI is InChI=1S/C15H13F2N3O3/c1-20-7-8(6-18-20)10-5-11(10)14(21)19-9-2-3-12-13(4-9)23-15(16,17)22-12/h2-4,6-7,10-11H,5H2,1H3,(H,19,21)/t10-,11-/m0/s1. The van der Waals surface area contributed by atoms with Crippen molar-refractivity contribution in [3.63, 3.8) is 0 Å². The third kappa shape index (κ3) is 2.60. The Kier molecular flexibility index (Phi) is 2.84. The summed E-state index contributed by atoms with van der Waals surface area (Å²) in [6, 6.07) is 4.18. The van der Waals surface area contributed by atoms with Gasteiger partial charge in [0.15, 0.2) is 11.5 Å². The predicted molar refractivity (Wildman–Crippen MR) is 75.3 cm³/mol. The van der Waals surface area contributed by atoms with Gasteiger partial charge in [-0.15, -0.1) is 8.78 Å². The number of aryl methyl sites for hydroxylation is 1. The first-order valence-electron chi connectivity index (χ1n) is 7.10. The van der Waals surface area contributed by atoms with Gasteiger partial charge in [0.25, 0.3) is 0 Å². The summed E-state index contributed by atoms with van der Waals surface area (Å²) in [7, 11) is 1.82. The van der Waals surface area contributed by atoms with E-state index in [0.717, 1.165) is 12.0 Å². The highest BCUT2D eigenvalue weighted by molar-refractivity contribution is 5.95. The van der Waals surface area contributed by atoms with E-state index in [-0.39, 0.29) is 29.2 Å². The van der Waals surface area contributed by atoms with Crippen LogP contribution < -0.4 is 14.8 Å². The number of nitrogens with zero attached hydrogens (tertiary/aromatic N) is 2. The maximum Gasteiger partial charge on any atom is 0.586 e. The highest BCUT2D eigenvalue weighted by Crippen LogP contribution is 2.48. The Morgan fingerprint density at radius 1 is 1.39 bits per heavy atom. The number of carbonyl (C=O) groups excluding carboxylic acids is 1. The molecule has 1 aromatic carbocycles. The normalized spacial score (nSPS) is 23.6. The SMILES string of the molecule is Cn1cc([C@@H]2C[C@@H]2C(=O)Nc2ccc3c(c2)OC(F)(F)O3)cn1. The van der Waals surface area contributed by atoms with Crippen LogP contribution >= 0.6 is 0 Å². The van der Waals surface area contributed by atoms with Crippen LogP contribution in [0.5, 0.6) is 11.5 Å². The zero-order valence-corrected chi connectivity index (χ0v) is 12.1. The minimum absolute atomic E-state index is 0.0485. The van der Waals surface area contributed by atoms with E-state index in [2.05, 4.69) is 19.9 Å². The molecule has 1 amide bonds. The van der Waals surface area contributed by atoms with Crippen molar-refractivity contribution >= 4 is 11.6 Å². The zero-order valence-electron chi connectivity index (χ0n) is 12.1. The number of amides is 1. The van der Waals surface area contributed by atoms with Gasteiger partial charge in [0.2, 0.25) is 5.91 Å². The summed E-state index contributed by atoms with van der Waals surface area (Å²) in [5.74, 6) is -0.266. The van der Waals surface area contributed by atoms with Gasteiger partial charge < -0.3 is 14.8 Å². The molecule has 2 atom stereocenters. The number of hydrogen-bond donors (Lipinski definition) is 1. The van der Waals surface area contributed by atoms with Gasteiger partial charge in [-0.2, -0.15) is 5.10 Å². The Labute approximate surface area is 130 Å². The molecule has 2 heterocycles. The van der Waals surface area contributed by atoms with E-state index in [1.54, 1.807) is 10.9 Å². The Hall–Kier alpha value is -2.64. The van der Waals surface area contributed by atoms with Crippen LogP contribution in [0.25, 0.3) is 0 Å². The second-order valence-electron chi connectivity index (χ2n) is 5.71. The van der Waals surface area contributed by atoms with Crippen LogP contribution in [0.3, 0.4) is 0 Å². The molecule has 0 bridgehead atoms. The highest BCUT2D eigenvalue weighted by atomic mass is 19.3. The van der Waals surface area contributed by atoms with Crippen molar-refractivity contribution in [2.75, 3.05) is 5.32 Å². The smallest absolute Gasteiger partial charge is 0.395 e. The Morgan fingerprint density at radius 2 is 2.17 bits per heavy atom. The second-order valence-corrected chi connectivity index (χ2v) is 5.71. The van der Waals surface area contributed by atoms with Crippen molar-refractivity contribution in [2.24, 2.45) is 13.0 Å². The fourth-order valence-corrected chi connectivity index (χ4v) is 2.75. The first kappa shape index (κ1) is 14.0. The molecule has 2 aliphatic rings. The maximum absolute atomic E-state index is 13.0. The van der Waals surface area contributed by atoms with Crippen molar-refractivity contribution in [3.05, 3.63) is 36.2 Å². The Balaban J connectivity index is 1.43. The summed E-state index contributed by atoms with van der Waals surface area (Å²) in [4.78, 5) is 12.2. The number of anilines is 1. The van der Waals surface area contributed by atoms with Crippen LogP contribution in [0.2, 0.25) is 0 Å². The molecule has 0 radical (unpaired) electrons. The third-order valence-corrected chi connectivity index (χ3v) is 3.95. The minimum Gasteiger partial charge on any atom is -0.395 e. The fourth-order valence-electron chi connectivity index (χ4n) is 2.75. The summed E-state index contributed by atoms with van der Waals surface area (Å²) in [5.41, 5.74) is 1.42. The Morgan fingerprint density at radius 3 is 2.91 bits per heavy atom. The lowest BCUT2D eigenvalue weighted by Gasteiger charge is -2.05. The summed E-state index contributed by atoms with van der Waals surface area (Å²) in [6.45, 7) is 0. The first-order valence-corrected chi connectivity index (χ1v) is 7.10. The van der Waals surface area contributed by atoms with Gasteiger partial charge in [0.05, 0.1) is 6.20 Å². The van der Waals surface area contributed by atoms with Crippen LogP contribution in [0.1, 0.15) is 17.9 Å². The van der Waals surface area contributed by atoms with Gasteiger partial charge in [-0.25, -0.2) is 0 Å². The van der Waals surface area contributed by atoms with Crippen LogP contribution in [0.4, 0.5) is 14.5 Å². The van der Waals surface area contributed by atoms with Crippen molar-refractivity contribution < 1.29 is 23.0 Å². The van der Waals surface area contributed by atoms with Gasteiger partial charge in [-0.05, 0) is 30.0 Å². The van der Waals surface area contributed by atoms with Crippen LogP contribution in [0.15, 0.2) is 30.6 Å². The molecule has 1 aliphatic heterocycles. The summed E-state index contributed by atoms with van der Waals surface area (Å²) in [6.07, 6.45) is 0.730. The third-order valence-electron chi connectivity index (χ3n) is 3.95. The molecule has 0 unspecified atom stereocenters. The number of hydrogen-bond acceptors (Lipinski definition) is 4. The Bertz CT molecular complexity index is 790. The number of aromatic nitrogens is 2. The van der Waals surface area contributed by atoms with E-state index in [4.69, 9.17) is 0 Å². The zero-order chi connectivity index (χ0) is 16.2. The number of halogens is 2. The first-order chi connectivity index (χ1) is 10.9. The van der Waals surface area contributed by atoms with E-state index in [1.807, 2.05) is 13.2 Å². The van der Waals surface area contributed by atoms with Gasteiger partial charge in [0, 0.05) is 30.9 Å². The number of benzene rings is 1. The fraction of sp³-hybridized carbons (Fsp3) is 0.333. The second kappa shape index (κ2) is 4.68. The molecule has 1 N–H and O–H groups in total. The van der Waals surface area contributed by atoms with Crippen molar-refractivity contribution in [2.45, 2.75) is 18.6 Å². The van der Waals surface area contributed by atoms with Gasteiger partial charge in [-0.3, -0.25) is 9.48 Å². The van der Waals surface area contributed by atoms with E-state index < -0.39 is 6.29 Å². The largest absolute Gasteiger partial charge is 0.586 e. The molecule has 0 spiro atoms. The number of fused-ring (bicyclic) bond motifs is 1. The topological polar surface area (TPSA) is 65.4 Å². The summed E-state index contributed by atoms with van der Waals surface area (Å²) in [5, 5.41) is 6.81. The molecule has 0 saturated heterocycles. The molecule has 2 aromatic rings. The molecule has 4 rings (SSSR count). The lowest BCUT2D eigenvalue weighted by Crippen LogP contribution is -2.25. The monoisotopic (exact) mass is 321 g/mol. The average Bonchev–Trinajstić information content (AvgIpc) is 3.06. The van der Waals surface area contributed by atoms with E-state index in [9.17, 15) is 13.6 Å². The molecule has 23 heavy (non-hydrogen) atoms. The minimum atomic E-state index is -3.66. The van der Waals surface area contributed by atoms with Crippen molar-refractivity contribution in [1.29, 1.82) is 0 Å². The van der Waals surface area contributed by atoms with Gasteiger partial charge >= 0.3 is 6.29 Å². The molecule has 1 aromatic heterocycles. The number of carbonyl (C=O) groups is 1. The molecule has 8 heteroatoms. The molecule has 120 valence electrons. The van der Waals surface area contributed by atoms with Crippen molar-refractivity contribution in [3.8, 4) is 11.5 Å². The number of rotatable bonds is 3. The summed E-state index contributed by atoms with van der Waals surface area (Å²) >= 11 is 0. The molecule has 1 fully saturated rings. The number of nitrogens with one attached hydrogen (secondary N) is 1. The van der Waals surface area contributed by atoms with Gasteiger partial charge in [-0.1, -0.05) is 0 Å². The molecule has 1 aliphatic carbocycles. The average molecular weight is 321 g/mol. The highest BCUT2D eigenvalue weighted by Gasteiger charge is 2.45. The van der Waals surface area contributed by atoms with Crippen molar-refractivity contribution in [1.82, 2.24) is 9.78 Å². The quantitative estimate of drug-likeness (QED) is 0.943. The predicted octanol–water partition coefficient (Wildman–Crippen LogP) is 2.48. The van der Waals surface area contributed by atoms with Crippen LogP contribution in [0, 0.1) is 5.92 Å². The lowest BCUT2D eigenvalue weighted by molar-refractivity contribution is -0.286. The van der Waals surface area contributed by atoms with Crippen LogP contribution in [-0.4, -0.2) is 22.0 Å². The maximum atomic E-state index is 13.0. The molecular weight excluding hydrogens is 308 g/mol. The summed E-state index contributed by atoms with van der Waals surface area (Å²) < 4.78 is 36.3. The molecular formula is C15H13F2N3O3. The van der Waals surface area contributed by atoms with Gasteiger partial charge in [0.1, 0.15) is 0 Å². The molecule has 6 nitrogen and oxygen atoms in total. The van der Waals surface area contributed by atoms with E-state index >= 15 is 0 Å². The number of ether oxygens (including phenoxy) is 2. The number of alkyl halides is 2. The van der Waals surface area contributed by atoms with Crippen LogP contribution in [-0.2, 0) is 11.8 Å². The molecule has 1 saturated carbocycles.